The highest BCUT2D eigenvalue weighted by Crippen LogP contribution is 2.32. The van der Waals surface area contributed by atoms with Crippen molar-refractivity contribution in [2.75, 3.05) is 14.2 Å². The lowest BCUT2D eigenvalue weighted by molar-refractivity contribution is 0.0428. The molecule has 1 aromatic carbocycles. The Morgan fingerprint density at radius 1 is 1.12 bits per heavy atom. The summed E-state index contributed by atoms with van der Waals surface area (Å²) in [5.74, 6) is 1.31. The fraction of sp³-hybridized carbons (Fsp3) is 0.176. The third-order valence-electron chi connectivity index (χ3n) is 3.30. The molecule has 0 fully saturated rings. The molecule has 0 N–H and O–H groups in total. The Bertz CT molecular complexity index is 821. The molecule has 0 unspecified atom stereocenters. The fourth-order valence-corrected chi connectivity index (χ4v) is 2.11. The minimum absolute atomic E-state index is 0.0175. The van der Waals surface area contributed by atoms with Crippen LogP contribution in [0.25, 0.3) is 11.3 Å². The molecule has 24 heavy (non-hydrogen) atoms. The van der Waals surface area contributed by atoms with Crippen LogP contribution in [0.1, 0.15) is 16.2 Å². The lowest BCUT2D eigenvalue weighted by Crippen LogP contribution is -2.03. The first-order valence-corrected chi connectivity index (χ1v) is 7.10. The van der Waals surface area contributed by atoms with Crippen LogP contribution in [0.2, 0.25) is 0 Å². The number of nitrogens with zero attached hydrogens (tertiary/aromatic N) is 1. The predicted octanol–water partition coefficient (Wildman–Crippen LogP) is 3.31. The number of hydrogen-bond acceptors (Lipinski definition) is 7. The van der Waals surface area contributed by atoms with Crippen LogP contribution in [0.5, 0.6) is 11.5 Å². The molecule has 7 nitrogen and oxygen atoms in total. The Hall–Kier alpha value is -3.22. The van der Waals surface area contributed by atoms with Gasteiger partial charge in [-0.15, -0.1) is 0 Å². The van der Waals surface area contributed by atoms with E-state index in [2.05, 4.69) is 5.16 Å². The number of furan rings is 1. The number of carbonyl (C=O) groups is 1. The third kappa shape index (κ3) is 3.24. The van der Waals surface area contributed by atoms with Crippen LogP contribution in [0.3, 0.4) is 0 Å². The van der Waals surface area contributed by atoms with E-state index in [9.17, 15) is 4.79 Å². The Labute approximate surface area is 137 Å². The van der Waals surface area contributed by atoms with Crippen LogP contribution in [-0.4, -0.2) is 25.3 Å². The highest BCUT2D eigenvalue weighted by atomic mass is 16.5. The average Bonchev–Trinajstić information content (AvgIpc) is 3.30. The minimum Gasteiger partial charge on any atom is -0.493 e. The van der Waals surface area contributed by atoms with Gasteiger partial charge in [0.1, 0.15) is 12.3 Å². The molecule has 0 aliphatic rings. The first-order valence-electron chi connectivity index (χ1n) is 7.10. The topological polar surface area (TPSA) is 83.9 Å². The Morgan fingerprint density at radius 2 is 1.96 bits per heavy atom. The summed E-state index contributed by atoms with van der Waals surface area (Å²) < 4.78 is 25.8. The second-order valence-electron chi connectivity index (χ2n) is 4.81. The Balaban J connectivity index is 1.70. The van der Waals surface area contributed by atoms with Crippen molar-refractivity contribution in [3.63, 3.8) is 0 Å². The van der Waals surface area contributed by atoms with Crippen LogP contribution < -0.4 is 9.47 Å². The van der Waals surface area contributed by atoms with Crippen LogP contribution in [-0.2, 0) is 11.3 Å². The SMILES string of the molecule is COc1ccc(-c2cc(COC(=O)c3ccco3)no2)cc1OC. The normalized spacial score (nSPS) is 10.4. The Morgan fingerprint density at radius 3 is 2.67 bits per heavy atom. The molecule has 124 valence electrons. The van der Waals surface area contributed by atoms with Gasteiger partial charge in [0, 0.05) is 11.6 Å². The molecule has 0 aliphatic carbocycles. The molecular formula is C17H15NO6. The highest BCUT2D eigenvalue weighted by Gasteiger charge is 2.14. The molecule has 3 rings (SSSR count). The summed E-state index contributed by atoms with van der Waals surface area (Å²) in [6.45, 7) is -0.0175. The standard InChI is InChI=1S/C17H15NO6/c1-20-13-6-5-11(8-16(13)21-2)15-9-12(18-24-15)10-23-17(19)14-4-3-7-22-14/h3-9H,10H2,1-2H3. The van der Waals surface area contributed by atoms with Gasteiger partial charge in [-0.1, -0.05) is 5.16 Å². The number of methoxy groups -OCH3 is 2. The molecule has 0 aliphatic heterocycles. The molecule has 2 heterocycles. The van der Waals surface area contributed by atoms with Gasteiger partial charge in [-0.05, 0) is 30.3 Å². The summed E-state index contributed by atoms with van der Waals surface area (Å²) in [6, 6.07) is 10.2. The minimum atomic E-state index is -0.560. The van der Waals surface area contributed by atoms with E-state index in [-0.39, 0.29) is 12.4 Å². The first-order chi connectivity index (χ1) is 11.7. The van der Waals surface area contributed by atoms with Gasteiger partial charge in [-0.2, -0.15) is 0 Å². The summed E-state index contributed by atoms with van der Waals surface area (Å²) in [6.07, 6.45) is 1.40. The lowest BCUT2D eigenvalue weighted by Gasteiger charge is -2.07. The van der Waals surface area contributed by atoms with Crippen molar-refractivity contribution < 1.29 is 27.9 Å². The van der Waals surface area contributed by atoms with Gasteiger partial charge in [0.15, 0.2) is 17.3 Å². The zero-order chi connectivity index (χ0) is 16.9. The van der Waals surface area contributed by atoms with Crippen molar-refractivity contribution in [3.05, 3.63) is 54.1 Å². The zero-order valence-corrected chi connectivity index (χ0v) is 13.1. The second kappa shape index (κ2) is 6.91. The summed E-state index contributed by atoms with van der Waals surface area (Å²) >= 11 is 0. The number of aromatic nitrogens is 1. The van der Waals surface area contributed by atoms with Crippen LogP contribution in [0.4, 0.5) is 0 Å². The van der Waals surface area contributed by atoms with Crippen molar-refractivity contribution in [1.82, 2.24) is 5.16 Å². The van der Waals surface area contributed by atoms with Crippen LogP contribution in [0.15, 0.2) is 51.6 Å². The summed E-state index contributed by atoms with van der Waals surface area (Å²) in [5.41, 5.74) is 1.25. The molecule has 7 heteroatoms. The molecule has 0 saturated heterocycles. The Kier molecular flexibility index (Phi) is 4.51. The molecule has 0 amide bonds. The van der Waals surface area contributed by atoms with Gasteiger partial charge in [-0.25, -0.2) is 4.79 Å². The fourth-order valence-electron chi connectivity index (χ4n) is 2.11. The number of ether oxygens (including phenoxy) is 3. The van der Waals surface area contributed by atoms with E-state index >= 15 is 0 Å². The van der Waals surface area contributed by atoms with Crippen LogP contribution >= 0.6 is 0 Å². The van der Waals surface area contributed by atoms with E-state index in [1.807, 2.05) is 6.07 Å². The van der Waals surface area contributed by atoms with Gasteiger partial charge < -0.3 is 23.2 Å². The smallest absolute Gasteiger partial charge is 0.374 e. The van der Waals surface area contributed by atoms with Crippen molar-refractivity contribution in [2.45, 2.75) is 6.61 Å². The zero-order valence-electron chi connectivity index (χ0n) is 13.1. The van der Waals surface area contributed by atoms with Crippen molar-refractivity contribution in [3.8, 4) is 22.8 Å². The van der Waals surface area contributed by atoms with E-state index in [0.717, 1.165) is 5.56 Å². The summed E-state index contributed by atoms with van der Waals surface area (Å²) in [7, 11) is 3.12. The molecule has 0 radical (unpaired) electrons. The van der Waals surface area contributed by atoms with E-state index in [4.69, 9.17) is 23.2 Å². The molecule has 0 atom stereocenters. The maximum Gasteiger partial charge on any atom is 0.374 e. The largest absolute Gasteiger partial charge is 0.493 e. The van der Waals surface area contributed by atoms with E-state index in [1.165, 1.54) is 12.3 Å². The monoisotopic (exact) mass is 329 g/mol. The molecule has 0 saturated carbocycles. The molecule has 3 aromatic rings. The van der Waals surface area contributed by atoms with Gasteiger partial charge in [0.2, 0.25) is 5.76 Å². The summed E-state index contributed by atoms with van der Waals surface area (Å²) in [5, 5.41) is 3.89. The molecular weight excluding hydrogens is 314 g/mol. The maximum atomic E-state index is 11.7. The van der Waals surface area contributed by atoms with E-state index in [1.54, 1.807) is 38.5 Å². The molecule has 2 aromatic heterocycles. The van der Waals surface area contributed by atoms with Gasteiger partial charge in [-0.3, -0.25) is 0 Å². The van der Waals surface area contributed by atoms with E-state index < -0.39 is 5.97 Å². The number of benzene rings is 1. The number of carbonyl (C=O) groups excluding carboxylic acids is 1. The van der Waals surface area contributed by atoms with Gasteiger partial charge >= 0.3 is 5.97 Å². The van der Waals surface area contributed by atoms with Crippen LogP contribution in [0, 0.1) is 0 Å². The lowest BCUT2D eigenvalue weighted by atomic mass is 10.1. The van der Waals surface area contributed by atoms with Gasteiger partial charge in [0.05, 0.1) is 20.5 Å². The second-order valence-corrected chi connectivity index (χ2v) is 4.81. The first kappa shape index (κ1) is 15.7. The third-order valence-corrected chi connectivity index (χ3v) is 3.30. The van der Waals surface area contributed by atoms with E-state index in [0.29, 0.717) is 23.0 Å². The number of esters is 1. The van der Waals surface area contributed by atoms with Gasteiger partial charge in [0.25, 0.3) is 0 Å². The summed E-state index contributed by atoms with van der Waals surface area (Å²) in [4.78, 5) is 11.7. The number of hydrogen-bond donors (Lipinski definition) is 0. The average molecular weight is 329 g/mol. The van der Waals surface area contributed by atoms with Crippen molar-refractivity contribution >= 4 is 5.97 Å². The molecule has 0 bridgehead atoms. The maximum absolute atomic E-state index is 11.7. The number of rotatable bonds is 6. The quantitative estimate of drug-likeness (QED) is 0.641. The van der Waals surface area contributed by atoms with Crippen molar-refractivity contribution in [1.29, 1.82) is 0 Å². The highest BCUT2D eigenvalue weighted by molar-refractivity contribution is 5.86. The predicted molar refractivity (Wildman–Crippen MR) is 82.9 cm³/mol. The van der Waals surface area contributed by atoms with Crippen molar-refractivity contribution in [2.24, 2.45) is 0 Å². The molecule has 0 spiro atoms.